The molecule has 2 fully saturated rings. The predicted molar refractivity (Wildman–Crippen MR) is 216 cm³/mol. The van der Waals surface area contributed by atoms with E-state index in [1.54, 1.807) is 0 Å². The molecule has 2 saturated carbocycles. The zero-order valence-electron chi connectivity index (χ0n) is 33.5. The number of rotatable bonds is 9. The number of carbonyl (C=O) groups is 4. The van der Waals surface area contributed by atoms with E-state index < -0.39 is 12.2 Å². The zero-order valence-corrected chi connectivity index (χ0v) is 33.5. The third kappa shape index (κ3) is 7.05. The number of methoxy groups -OCH3 is 2. The van der Waals surface area contributed by atoms with Crippen molar-refractivity contribution in [3.8, 4) is 33.6 Å². The van der Waals surface area contributed by atoms with Gasteiger partial charge in [0.25, 0.3) is 0 Å². The Labute approximate surface area is 337 Å². The van der Waals surface area contributed by atoms with Crippen LogP contribution in [0.5, 0.6) is 0 Å². The minimum Gasteiger partial charge on any atom is -0.452 e. The topological polar surface area (TPSA) is 175 Å². The number of benzene rings is 2. The molecule has 0 radical (unpaired) electrons. The van der Waals surface area contributed by atoms with E-state index in [1.165, 1.54) is 24.2 Å². The Morgan fingerprint density at radius 2 is 0.931 bits per heavy atom. The van der Waals surface area contributed by atoms with Gasteiger partial charge >= 0.3 is 12.2 Å². The van der Waals surface area contributed by atoms with Gasteiger partial charge in [-0.25, -0.2) is 40.4 Å². The molecule has 4 aliphatic rings. The van der Waals surface area contributed by atoms with Crippen LogP contribution in [0.2, 0.25) is 0 Å². The number of aromatic nitrogens is 4. The van der Waals surface area contributed by atoms with Gasteiger partial charge in [-0.3, -0.25) is 9.59 Å². The molecule has 2 aromatic carbocycles. The van der Waals surface area contributed by atoms with Crippen LogP contribution >= 0.6 is 0 Å². The molecule has 8 atom stereocenters. The number of fused-ring (bicyclic) bond motifs is 4. The third-order valence-corrected chi connectivity index (χ3v) is 12.3. The summed E-state index contributed by atoms with van der Waals surface area (Å²) in [6.45, 7) is 7.44. The molecule has 4 aliphatic carbocycles. The van der Waals surface area contributed by atoms with E-state index in [4.69, 9.17) is 19.4 Å². The summed E-state index contributed by atoms with van der Waals surface area (Å²) >= 11 is 0. The standard InChI is InChI=1S/C44H50N8O6/c1-23(2)51(49-43(55)57-5)41(53)37-31-17-15-29(19-31)35(37)39-45-21-33(47-39)27-11-7-25(8-12-27)26-9-13-28(14-10-26)34-22-46-40(48-34)36-30-16-18-32(20-30)38(36)42(54)52(24(3)4)50-44(56)58-6/h7-18,21-24,29-32,35-38H,19-20H2,1-6H3,(H,45,47)(H,46,48)(H,49,55)(H,50,56)/t29?,30?,31?,32?,35-,36?,37?,38?/m1/s1. The zero-order chi connectivity index (χ0) is 40.8. The predicted octanol–water partition coefficient (Wildman–Crippen LogP) is 6.96. The number of imidazole rings is 2. The first kappa shape index (κ1) is 38.7. The Morgan fingerprint density at radius 3 is 1.28 bits per heavy atom. The first-order chi connectivity index (χ1) is 27.9. The number of amides is 4. The first-order valence-corrected chi connectivity index (χ1v) is 20.0. The monoisotopic (exact) mass is 786 g/mol. The van der Waals surface area contributed by atoms with Gasteiger partial charge in [0.1, 0.15) is 11.6 Å². The van der Waals surface area contributed by atoms with Gasteiger partial charge in [-0.2, -0.15) is 0 Å². The Bertz CT molecular complexity index is 2080. The van der Waals surface area contributed by atoms with E-state index in [9.17, 15) is 19.2 Å². The Balaban J connectivity index is 0.955. The van der Waals surface area contributed by atoms with Crippen molar-refractivity contribution in [3.05, 3.63) is 96.9 Å². The summed E-state index contributed by atoms with van der Waals surface area (Å²) in [7, 11) is 2.56. The molecule has 58 heavy (non-hydrogen) atoms. The molecule has 7 unspecified atom stereocenters. The number of carbonyl (C=O) groups excluding carboxylic acids is 4. The van der Waals surface area contributed by atoms with Gasteiger partial charge < -0.3 is 19.4 Å². The first-order valence-electron chi connectivity index (χ1n) is 20.0. The highest BCUT2D eigenvalue weighted by Gasteiger charge is 2.53. The van der Waals surface area contributed by atoms with Gasteiger partial charge in [0.2, 0.25) is 11.8 Å². The van der Waals surface area contributed by atoms with Crippen LogP contribution in [0.25, 0.3) is 33.6 Å². The van der Waals surface area contributed by atoms with E-state index >= 15 is 0 Å². The lowest BCUT2D eigenvalue weighted by Crippen LogP contribution is -2.53. The van der Waals surface area contributed by atoms with E-state index in [2.05, 4.69) is 93.7 Å². The number of hydrazine groups is 2. The number of ether oxygens (including phenoxy) is 2. The van der Waals surface area contributed by atoms with Gasteiger partial charge in [0.05, 0.1) is 49.8 Å². The van der Waals surface area contributed by atoms with Crippen molar-refractivity contribution in [1.82, 2.24) is 40.8 Å². The van der Waals surface area contributed by atoms with Crippen molar-refractivity contribution in [1.29, 1.82) is 0 Å². The van der Waals surface area contributed by atoms with Crippen molar-refractivity contribution in [2.24, 2.45) is 35.5 Å². The number of nitrogens with one attached hydrogen (secondary N) is 4. The maximum absolute atomic E-state index is 13.9. The van der Waals surface area contributed by atoms with Crippen molar-refractivity contribution in [2.45, 2.75) is 64.5 Å². The Morgan fingerprint density at radius 1 is 0.586 bits per heavy atom. The average Bonchev–Trinajstić information content (AvgIpc) is 4.10. The van der Waals surface area contributed by atoms with Crippen LogP contribution in [0.3, 0.4) is 0 Å². The van der Waals surface area contributed by atoms with E-state index in [0.29, 0.717) is 0 Å². The fourth-order valence-electron chi connectivity index (χ4n) is 9.54. The van der Waals surface area contributed by atoms with Gasteiger partial charge in [0.15, 0.2) is 0 Å². The Kier molecular flexibility index (Phi) is 10.4. The Hall–Kier alpha value is -6.18. The van der Waals surface area contributed by atoms with Crippen molar-refractivity contribution in [2.75, 3.05) is 14.2 Å². The van der Waals surface area contributed by atoms with E-state index in [-0.39, 0.29) is 71.2 Å². The maximum atomic E-state index is 13.9. The van der Waals surface area contributed by atoms with Crippen LogP contribution in [0.4, 0.5) is 9.59 Å². The van der Waals surface area contributed by atoms with Crippen molar-refractivity contribution in [3.63, 3.8) is 0 Å². The molecule has 0 spiro atoms. The van der Waals surface area contributed by atoms with Crippen molar-refractivity contribution < 1.29 is 28.7 Å². The van der Waals surface area contributed by atoms with Crippen LogP contribution in [0, 0.1) is 35.5 Å². The lowest BCUT2D eigenvalue weighted by atomic mass is 9.81. The number of H-pyrrole nitrogens is 2. The molecule has 0 saturated heterocycles. The number of hydrogen-bond acceptors (Lipinski definition) is 8. The largest absolute Gasteiger partial charge is 0.452 e. The fraction of sp³-hybridized carbons (Fsp3) is 0.409. The van der Waals surface area contributed by atoms with E-state index in [0.717, 1.165) is 58.1 Å². The molecule has 2 heterocycles. The molecule has 302 valence electrons. The number of allylic oxidation sites excluding steroid dienone is 4. The molecule has 4 bridgehead atoms. The summed E-state index contributed by atoms with van der Waals surface area (Å²) in [5.74, 6) is 0.733. The highest BCUT2D eigenvalue weighted by atomic mass is 16.5. The highest BCUT2D eigenvalue weighted by molar-refractivity contribution is 5.85. The number of nitrogens with zero attached hydrogens (tertiary/aromatic N) is 4. The lowest BCUT2D eigenvalue weighted by molar-refractivity contribution is -0.142. The quantitative estimate of drug-likeness (QED) is 0.104. The van der Waals surface area contributed by atoms with Gasteiger partial charge in [0, 0.05) is 23.9 Å². The smallest absolute Gasteiger partial charge is 0.425 e. The molecule has 2 aromatic heterocycles. The second kappa shape index (κ2) is 15.6. The minimum absolute atomic E-state index is 0.0693. The maximum Gasteiger partial charge on any atom is 0.425 e. The molecule has 4 aromatic rings. The van der Waals surface area contributed by atoms with E-state index in [1.807, 2.05) is 40.1 Å². The second-order valence-corrected chi connectivity index (χ2v) is 16.3. The normalized spacial score (nSPS) is 25.0. The lowest BCUT2D eigenvalue weighted by Gasteiger charge is -2.33. The summed E-state index contributed by atoms with van der Waals surface area (Å²) in [4.78, 5) is 68.5. The van der Waals surface area contributed by atoms with Crippen LogP contribution in [-0.4, -0.2) is 80.3 Å². The highest BCUT2D eigenvalue weighted by Crippen LogP contribution is 2.54. The summed E-state index contributed by atoms with van der Waals surface area (Å²) in [6.07, 6.45) is 12.6. The molecular formula is C44H50N8O6. The second-order valence-electron chi connectivity index (χ2n) is 16.3. The summed E-state index contributed by atoms with van der Waals surface area (Å²) in [5, 5.41) is 2.76. The summed E-state index contributed by atoms with van der Waals surface area (Å²) in [5.41, 5.74) is 11.0. The van der Waals surface area contributed by atoms with Crippen LogP contribution in [-0.2, 0) is 19.1 Å². The van der Waals surface area contributed by atoms with Crippen molar-refractivity contribution >= 4 is 24.0 Å². The molecule has 14 heteroatoms. The fourth-order valence-corrected chi connectivity index (χ4v) is 9.54. The molecule has 14 nitrogen and oxygen atoms in total. The van der Waals surface area contributed by atoms with Gasteiger partial charge in [-0.15, -0.1) is 0 Å². The molecular weight excluding hydrogens is 737 g/mol. The average molecular weight is 787 g/mol. The summed E-state index contributed by atoms with van der Waals surface area (Å²) < 4.78 is 9.56. The SMILES string of the molecule is COC(=O)NN(C(=O)C1C2C=CC(C2)C1c1ncc(-c2ccc(-c3ccc(-c4cnc([C@@H]5C6C=CC(C6)C5C(=O)N(NC(=O)OC)C(C)C)[nH]4)cc3)cc2)[nH]1)C(C)C. The van der Waals surface area contributed by atoms with Crippen LogP contribution in [0.15, 0.2) is 85.2 Å². The number of hydrogen-bond donors (Lipinski definition) is 4. The minimum atomic E-state index is -0.677. The molecule has 8 rings (SSSR count). The third-order valence-electron chi connectivity index (χ3n) is 12.3. The van der Waals surface area contributed by atoms with Gasteiger partial charge in [-0.05, 0) is 86.5 Å². The molecule has 0 aliphatic heterocycles. The summed E-state index contributed by atoms with van der Waals surface area (Å²) in [6, 6.07) is 16.1. The van der Waals surface area contributed by atoms with Crippen LogP contribution in [0.1, 0.15) is 64.0 Å². The molecule has 4 amide bonds. The van der Waals surface area contributed by atoms with Crippen LogP contribution < -0.4 is 10.9 Å². The molecule has 4 N–H and O–H groups in total. The van der Waals surface area contributed by atoms with Gasteiger partial charge in [-0.1, -0.05) is 72.8 Å². The number of aromatic amines is 2.